The number of benzene rings is 1. The first-order valence-electron chi connectivity index (χ1n) is 7.12. The van der Waals surface area contributed by atoms with Crippen LogP contribution in [0, 0.1) is 0 Å². The van der Waals surface area contributed by atoms with Gasteiger partial charge in [0.15, 0.2) is 0 Å². The second-order valence-corrected chi connectivity index (χ2v) is 5.37. The molecule has 1 heterocycles. The standard InChI is InChI=1S/C17H20ClNO2/c1-4-21-15-8-5-13(6-9-15)16-10-7-14(11-18)17(20)19(16)12(2)3/h5-10,12H,4,11H2,1-3H3. The van der Waals surface area contributed by atoms with Crippen molar-refractivity contribution in [3.8, 4) is 17.0 Å². The molecule has 1 aromatic heterocycles. The van der Waals surface area contributed by atoms with Crippen molar-refractivity contribution in [1.82, 2.24) is 4.57 Å². The molecule has 0 amide bonds. The van der Waals surface area contributed by atoms with E-state index in [2.05, 4.69) is 0 Å². The molecular weight excluding hydrogens is 286 g/mol. The minimum Gasteiger partial charge on any atom is -0.494 e. The number of rotatable bonds is 5. The van der Waals surface area contributed by atoms with E-state index in [1.54, 1.807) is 10.6 Å². The van der Waals surface area contributed by atoms with E-state index in [4.69, 9.17) is 16.3 Å². The highest BCUT2D eigenvalue weighted by Crippen LogP contribution is 2.24. The summed E-state index contributed by atoms with van der Waals surface area (Å²) >= 11 is 5.83. The van der Waals surface area contributed by atoms with Crippen molar-refractivity contribution in [3.63, 3.8) is 0 Å². The molecular formula is C17H20ClNO2. The number of aromatic nitrogens is 1. The van der Waals surface area contributed by atoms with E-state index < -0.39 is 0 Å². The monoisotopic (exact) mass is 305 g/mol. The highest BCUT2D eigenvalue weighted by Gasteiger charge is 2.12. The Balaban J connectivity index is 2.53. The van der Waals surface area contributed by atoms with E-state index in [-0.39, 0.29) is 17.5 Å². The summed E-state index contributed by atoms with van der Waals surface area (Å²) in [7, 11) is 0. The van der Waals surface area contributed by atoms with Crippen molar-refractivity contribution < 1.29 is 4.74 Å². The van der Waals surface area contributed by atoms with E-state index in [1.165, 1.54) is 0 Å². The molecule has 0 aliphatic heterocycles. The summed E-state index contributed by atoms with van der Waals surface area (Å²) in [6.07, 6.45) is 0. The summed E-state index contributed by atoms with van der Waals surface area (Å²) in [5.74, 6) is 1.06. The number of ether oxygens (including phenoxy) is 1. The highest BCUT2D eigenvalue weighted by atomic mass is 35.5. The van der Waals surface area contributed by atoms with Gasteiger partial charge in [0.25, 0.3) is 5.56 Å². The van der Waals surface area contributed by atoms with E-state index >= 15 is 0 Å². The molecule has 2 rings (SSSR count). The molecule has 0 spiro atoms. The van der Waals surface area contributed by atoms with E-state index in [9.17, 15) is 4.79 Å². The minimum atomic E-state index is -0.0219. The van der Waals surface area contributed by atoms with Crippen molar-refractivity contribution in [2.75, 3.05) is 6.61 Å². The third kappa shape index (κ3) is 3.30. The predicted molar refractivity (Wildman–Crippen MR) is 87.2 cm³/mol. The number of nitrogens with zero attached hydrogens (tertiary/aromatic N) is 1. The van der Waals surface area contributed by atoms with Crippen LogP contribution in [0.15, 0.2) is 41.2 Å². The lowest BCUT2D eigenvalue weighted by molar-refractivity contribution is 0.340. The van der Waals surface area contributed by atoms with Crippen molar-refractivity contribution in [2.45, 2.75) is 32.7 Å². The topological polar surface area (TPSA) is 31.2 Å². The van der Waals surface area contributed by atoms with Crippen LogP contribution >= 0.6 is 11.6 Å². The smallest absolute Gasteiger partial charge is 0.255 e. The van der Waals surface area contributed by atoms with Crippen LogP contribution in [0.2, 0.25) is 0 Å². The summed E-state index contributed by atoms with van der Waals surface area (Å²) in [5, 5.41) is 0. The van der Waals surface area contributed by atoms with Gasteiger partial charge in [-0.1, -0.05) is 6.07 Å². The summed E-state index contributed by atoms with van der Waals surface area (Å²) in [6.45, 7) is 6.59. The molecule has 112 valence electrons. The fraction of sp³-hybridized carbons (Fsp3) is 0.353. The first-order valence-corrected chi connectivity index (χ1v) is 7.65. The van der Waals surface area contributed by atoms with Crippen molar-refractivity contribution in [3.05, 3.63) is 52.3 Å². The van der Waals surface area contributed by atoms with Crippen LogP contribution in [0.3, 0.4) is 0 Å². The quantitative estimate of drug-likeness (QED) is 0.774. The molecule has 21 heavy (non-hydrogen) atoms. The maximum Gasteiger partial charge on any atom is 0.255 e. The maximum atomic E-state index is 12.5. The Bertz CT molecular complexity index is 659. The average Bonchev–Trinajstić information content (AvgIpc) is 2.47. The Morgan fingerprint density at radius 1 is 1.14 bits per heavy atom. The normalized spacial score (nSPS) is 10.9. The zero-order chi connectivity index (χ0) is 15.4. The van der Waals surface area contributed by atoms with Gasteiger partial charge < -0.3 is 9.30 Å². The molecule has 0 aliphatic rings. The van der Waals surface area contributed by atoms with E-state index in [0.717, 1.165) is 17.0 Å². The molecule has 0 radical (unpaired) electrons. The molecule has 0 fully saturated rings. The number of hydrogen-bond acceptors (Lipinski definition) is 2. The van der Waals surface area contributed by atoms with Gasteiger partial charge in [-0.15, -0.1) is 11.6 Å². The average molecular weight is 306 g/mol. The predicted octanol–water partition coefficient (Wildman–Crippen LogP) is 4.23. The highest BCUT2D eigenvalue weighted by molar-refractivity contribution is 6.17. The SMILES string of the molecule is CCOc1ccc(-c2ccc(CCl)c(=O)n2C(C)C)cc1. The van der Waals surface area contributed by atoms with Crippen LogP contribution in [0.1, 0.15) is 32.4 Å². The van der Waals surface area contributed by atoms with Crippen LogP contribution in [0.5, 0.6) is 5.75 Å². The Morgan fingerprint density at radius 2 is 1.81 bits per heavy atom. The minimum absolute atomic E-state index is 0.0219. The molecule has 0 aliphatic carbocycles. The van der Waals surface area contributed by atoms with E-state index in [0.29, 0.717) is 12.2 Å². The van der Waals surface area contributed by atoms with Crippen molar-refractivity contribution >= 4 is 11.6 Å². The molecule has 0 atom stereocenters. The zero-order valence-corrected chi connectivity index (χ0v) is 13.4. The summed E-state index contributed by atoms with van der Waals surface area (Å²) in [4.78, 5) is 12.5. The fourth-order valence-electron chi connectivity index (χ4n) is 2.33. The second-order valence-electron chi connectivity index (χ2n) is 5.10. The first kappa shape index (κ1) is 15.6. The Morgan fingerprint density at radius 3 is 2.33 bits per heavy atom. The largest absolute Gasteiger partial charge is 0.494 e. The zero-order valence-electron chi connectivity index (χ0n) is 12.6. The van der Waals surface area contributed by atoms with Gasteiger partial charge in [0.1, 0.15) is 5.75 Å². The molecule has 0 N–H and O–H groups in total. The van der Waals surface area contributed by atoms with Crippen LogP contribution in [0.4, 0.5) is 0 Å². The summed E-state index contributed by atoms with van der Waals surface area (Å²) in [6, 6.07) is 11.6. The number of hydrogen-bond donors (Lipinski definition) is 0. The molecule has 1 aromatic carbocycles. The fourth-order valence-corrected chi connectivity index (χ4v) is 2.54. The van der Waals surface area contributed by atoms with Crippen molar-refractivity contribution in [1.29, 1.82) is 0 Å². The van der Waals surface area contributed by atoms with Gasteiger partial charge in [0.05, 0.1) is 18.2 Å². The third-order valence-electron chi connectivity index (χ3n) is 3.32. The Labute approximate surface area is 130 Å². The summed E-state index contributed by atoms with van der Waals surface area (Å²) in [5.41, 5.74) is 2.49. The van der Waals surface area contributed by atoms with Crippen LogP contribution < -0.4 is 10.3 Å². The second kappa shape index (κ2) is 6.81. The summed E-state index contributed by atoms with van der Waals surface area (Å²) < 4.78 is 7.23. The van der Waals surface area contributed by atoms with Gasteiger partial charge in [-0.05, 0) is 56.7 Å². The van der Waals surface area contributed by atoms with Gasteiger partial charge in [0, 0.05) is 11.6 Å². The maximum absolute atomic E-state index is 12.5. The molecule has 3 nitrogen and oxygen atoms in total. The molecule has 0 saturated heterocycles. The first-order chi connectivity index (χ1) is 10.1. The molecule has 4 heteroatoms. The van der Waals surface area contributed by atoms with Gasteiger partial charge in [-0.25, -0.2) is 0 Å². The van der Waals surface area contributed by atoms with Crippen molar-refractivity contribution in [2.24, 2.45) is 0 Å². The lowest BCUT2D eigenvalue weighted by Gasteiger charge is -2.18. The van der Waals surface area contributed by atoms with E-state index in [1.807, 2.05) is 51.1 Å². The van der Waals surface area contributed by atoms with Gasteiger partial charge >= 0.3 is 0 Å². The van der Waals surface area contributed by atoms with Gasteiger partial charge in [-0.3, -0.25) is 4.79 Å². The lowest BCUT2D eigenvalue weighted by Crippen LogP contribution is -2.26. The van der Waals surface area contributed by atoms with Crippen LogP contribution in [0.25, 0.3) is 11.3 Å². The number of alkyl halides is 1. The Hall–Kier alpha value is -1.74. The number of pyridine rings is 1. The van der Waals surface area contributed by atoms with Gasteiger partial charge in [-0.2, -0.15) is 0 Å². The number of halogens is 1. The molecule has 0 saturated carbocycles. The van der Waals surface area contributed by atoms with Gasteiger partial charge in [0.2, 0.25) is 0 Å². The lowest BCUT2D eigenvalue weighted by atomic mass is 10.1. The van der Waals surface area contributed by atoms with Crippen LogP contribution in [-0.4, -0.2) is 11.2 Å². The molecule has 2 aromatic rings. The molecule has 0 unspecified atom stereocenters. The third-order valence-corrected chi connectivity index (χ3v) is 3.60. The van der Waals surface area contributed by atoms with Crippen LogP contribution in [-0.2, 0) is 5.88 Å². The Kier molecular flexibility index (Phi) is 5.07. The molecule has 0 bridgehead atoms.